The number of piperazine rings is 1. The summed E-state index contributed by atoms with van der Waals surface area (Å²) >= 11 is 0. The van der Waals surface area contributed by atoms with Crippen LogP contribution in [-0.2, 0) is 11.3 Å². The van der Waals surface area contributed by atoms with E-state index in [9.17, 15) is 4.79 Å². The second-order valence-electron chi connectivity index (χ2n) is 7.45. The number of anilines is 1. The third-order valence-electron chi connectivity index (χ3n) is 5.70. The Morgan fingerprint density at radius 1 is 0.857 bits per heavy atom. The SMILES string of the molecule is Cc1ccccc1CN1CCN(c2ccccc2-c2ccccc2)C(=O)C1C. The number of carbonyl (C=O) groups excluding carboxylic acids is 1. The average molecular weight is 370 g/mol. The normalized spacial score (nSPS) is 17.7. The average Bonchev–Trinajstić information content (AvgIpc) is 2.74. The molecule has 0 saturated carbocycles. The molecular weight excluding hydrogens is 344 g/mol. The Morgan fingerprint density at radius 2 is 1.54 bits per heavy atom. The largest absolute Gasteiger partial charge is 0.309 e. The van der Waals surface area contributed by atoms with Gasteiger partial charge in [0, 0.05) is 25.2 Å². The molecule has 1 saturated heterocycles. The lowest BCUT2D eigenvalue weighted by Crippen LogP contribution is -2.55. The molecule has 0 aromatic heterocycles. The minimum Gasteiger partial charge on any atom is -0.309 e. The minimum absolute atomic E-state index is 0.141. The third kappa shape index (κ3) is 3.58. The molecule has 3 aromatic carbocycles. The molecule has 1 unspecified atom stereocenters. The maximum atomic E-state index is 13.3. The molecule has 0 spiro atoms. The van der Waals surface area contributed by atoms with Crippen molar-refractivity contribution in [1.82, 2.24) is 4.90 Å². The van der Waals surface area contributed by atoms with Crippen molar-refractivity contribution in [2.24, 2.45) is 0 Å². The Morgan fingerprint density at radius 3 is 2.32 bits per heavy atom. The lowest BCUT2D eigenvalue weighted by atomic mass is 10.0. The molecular formula is C25H26N2O. The topological polar surface area (TPSA) is 23.6 Å². The molecule has 0 aliphatic carbocycles. The Labute approximate surface area is 167 Å². The van der Waals surface area contributed by atoms with Gasteiger partial charge in [-0.05, 0) is 36.6 Å². The molecule has 1 aliphatic rings. The van der Waals surface area contributed by atoms with Crippen molar-refractivity contribution in [3.05, 3.63) is 90.0 Å². The summed E-state index contributed by atoms with van der Waals surface area (Å²) in [6.45, 7) is 6.54. The zero-order valence-corrected chi connectivity index (χ0v) is 16.5. The number of hydrogen-bond donors (Lipinski definition) is 0. The van der Waals surface area contributed by atoms with Crippen molar-refractivity contribution >= 4 is 11.6 Å². The molecule has 0 bridgehead atoms. The van der Waals surface area contributed by atoms with E-state index in [1.54, 1.807) is 0 Å². The molecule has 1 fully saturated rings. The summed E-state index contributed by atoms with van der Waals surface area (Å²) in [5.74, 6) is 0.170. The van der Waals surface area contributed by atoms with Crippen LogP contribution in [0.4, 0.5) is 5.69 Å². The highest BCUT2D eigenvalue weighted by atomic mass is 16.2. The van der Waals surface area contributed by atoms with Crippen molar-refractivity contribution in [3.8, 4) is 11.1 Å². The second kappa shape index (κ2) is 7.99. The van der Waals surface area contributed by atoms with Crippen LogP contribution in [-0.4, -0.2) is 29.9 Å². The Balaban J connectivity index is 1.58. The summed E-state index contributed by atoms with van der Waals surface area (Å²) in [6.07, 6.45) is 0. The molecule has 0 N–H and O–H groups in total. The molecule has 3 aromatic rings. The van der Waals surface area contributed by atoms with Crippen LogP contribution in [0.15, 0.2) is 78.9 Å². The van der Waals surface area contributed by atoms with Gasteiger partial charge in [-0.1, -0.05) is 72.8 Å². The molecule has 28 heavy (non-hydrogen) atoms. The van der Waals surface area contributed by atoms with Crippen LogP contribution in [0.5, 0.6) is 0 Å². The highest BCUT2D eigenvalue weighted by molar-refractivity contribution is 6.01. The number of carbonyl (C=O) groups is 1. The Bertz CT molecular complexity index is 967. The first-order chi connectivity index (χ1) is 13.6. The fourth-order valence-corrected chi connectivity index (χ4v) is 3.95. The van der Waals surface area contributed by atoms with Gasteiger partial charge in [0.25, 0.3) is 0 Å². The summed E-state index contributed by atoms with van der Waals surface area (Å²) in [6, 6.07) is 26.8. The number of aryl methyl sites for hydroxylation is 1. The van der Waals surface area contributed by atoms with Gasteiger partial charge in [-0.15, -0.1) is 0 Å². The van der Waals surface area contributed by atoms with Gasteiger partial charge in [0.05, 0.1) is 11.7 Å². The van der Waals surface area contributed by atoms with Gasteiger partial charge in [-0.25, -0.2) is 0 Å². The quantitative estimate of drug-likeness (QED) is 0.652. The number of nitrogens with zero attached hydrogens (tertiary/aromatic N) is 2. The molecule has 0 radical (unpaired) electrons. The first-order valence-electron chi connectivity index (χ1n) is 9.89. The van der Waals surface area contributed by atoms with Crippen LogP contribution in [0.2, 0.25) is 0 Å². The fraction of sp³-hybridized carbons (Fsp3) is 0.240. The van der Waals surface area contributed by atoms with E-state index in [-0.39, 0.29) is 11.9 Å². The number of hydrogen-bond acceptors (Lipinski definition) is 2. The van der Waals surface area contributed by atoms with Gasteiger partial charge in [0.15, 0.2) is 0 Å². The van der Waals surface area contributed by atoms with Gasteiger partial charge in [0.2, 0.25) is 5.91 Å². The fourth-order valence-electron chi connectivity index (χ4n) is 3.95. The molecule has 1 aliphatic heterocycles. The van der Waals surface area contributed by atoms with Crippen LogP contribution in [0, 0.1) is 6.92 Å². The maximum absolute atomic E-state index is 13.3. The summed E-state index contributed by atoms with van der Waals surface area (Å²) in [7, 11) is 0. The standard InChI is InChI=1S/C25H26N2O/c1-19-10-6-7-13-22(19)18-26-16-17-27(25(28)20(26)2)24-15-9-8-14-23(24)21-11-4-3-5-12-21/h3-15,20H,16-18H2,1-2H3. The van der Waals surface area contributed by atoms with Crippen LogP contribution < -0.4 is 4.90 Å². The predicted octanol–water partition coefficient (Wildman–Crippen LogP) is 4.90. The molecule has 1 amide bonds. The van der Waals surface area contributed by atoms with E-state index in [4.69, 9.17) is 0 Å². The van der Waals surface area contributed by atoms with Crippen LogP contribution >= 0.6 is 0 Å². The van der Waals surface area contributed by atoms with Gasteiger partial charge in [-0.3, -0.25) is 9.69 Å². The number of para-hydroxylation sites is 1. The lowest BCUT2D eigenvalue weighted by Gasteiger charge is -2.40. The van der Waals surface area contributed by atoms with Gasteiger partial charge in [-0.2, -0.15) is 0 Å². The molecule has 1 atom stereocenters. The summed E-state index contributed by atoms with van der Waals surface area (Å²) < 4.78 is 0. The lowest BCUT2D eigenvalue weighted by molar-refractivity contribution is -0.125. The molecule has 3 heteroatoms. The monoisotopic (exact) mass is 370 g/mol. The number of amides is 1. The minimum atomic E-state index is -0.141. The van der Waals surface area contributed by atoms with Crippen LogP contribution in [0.3, 0.4) is 0 Å². The Hall–Kier alpha value is -2.91. The smallest absolute Gasteiger partial charge is 0.244 e. The zero-order valence-electron chi connectivity index (χ0n) is 16.5. The highest BCUT2D eigenvalue weighted by Crippen LogP contribution is 2.32. The van der Waals surface area contributed by atoms with Crippen molar-refractivity contribution in [1.29, 1.82) is 0 Å². The first-order valence-corrected chi connectivity index (χ1v) is 9.89. The second-order valence-corrected chi connectivity index (χ2v) is 7.45. The van der Waals surface area contributed by atoms with Crippen LogP contribution in [0.25, 0.3) is 11.1 Å². The van der Waals surface area contributed by atoms with Crippen LogP contribution in [0.1, 0.15) is 18.1 Å². The van der Waals surface area contributed by atoms with Gasteiger partial charge >= 0.3 is 0 Å². The predicted molar refractivity (Wildman–Crippen MR) is 115 cm³/mol. The first kappa shape index (κ1) is 18.5. The van der Waals surface area contributed by atoms with E-state index >= 15 is 0 Å². The zero-order chi connectivity index (χ0) is 19.5. The molecule has 1 heterocycles. The van der Waals surface area contributed by atoms with Crippen molar-refractivity contribution < 1.29 is 4.79 Å². The van der Waals surface area contributed by atoms with Gasteiger partial charge < -0.3 is 4.90 Å². The van der Waals surface area contributed by atoms with Crippen molar-refractivity contribution in [2.75, 3.05) is 18.0 Å². The van der Waals surface area contributed by atoms with E-state index in [1.165, 1.54) is 11.1 Å². The number of benzene rings is 3. The van der Waals surface area contributed by atoms with E-state index in [0.717, 1.165) is 29.9 Å². The molecule has 3 nitrogen and oxygen atoms in total. The molecule has 4 rings (SSSR count). The van der Waals surface area contributed by atoms with Crippen molar-refractivity contribution in [2.45, 2.75) is 26.4 Å². The van der Waals surface area contributed by atoms with Crippen molar-refractivity contribution in [3.63, 3.8) is 0 Å². The number of rotatable bonds is 4. The van der Waals surface area contributed by atoms with E-state index in [2.05, 4.69) is 60.4 Å². The third-order valence-corrected chi connectivity index (χ3v) is 5.70. The summed E-state index contributed by atoms with van der Waals surface area (Å²) in [5.41, 5.74) is 5.82. The summed E-state index contributed by atoms with van der Waals surface area (Å²) in [4.78, 5) is 17.5. The van der Waals surface area contributed by atoms with E-state index in [0.29, 0.717) is 6.54 Å². The molecule has 142 valence electrons. The Kier molecular flexibility index (Phi) is 5.27. The maximum Gasteiger partial charge on any atom is 0.244 e. The highest BCUT2D eigenvalue weighted by Gasteiger charge is 2.33. The summed E-state index contributed by atoms with van der Waals surface area (Å²) in [5, 5.41) is 0. The van der Waals surface area contributed by atoms with E-state index < -0.39 is 0 Å². The van der Waals surface area contributed by atoms with Gasteiger partial charge in [0.1, 0.15) is 0 Å². The van der Waals surface area contributed by atoms with E-state index in [1.807, 2.05) is 42.2 Å².